The van der Waals surface area contributed by atoms with Crippen molar-refractivity contribution in [1.82, 2.24) is 14.8 Å². The Morgan fingerprint density at radius 1 is 1.23 bits per heavy atom. The fourth-order valence-electron chi connectivity index (χ4n) is 2.60. The Balaban J connectivity index is 0.000000466. The second-order valence-corrected chi connectivity index (χ2v) is 5.59. The van der Waals surface area contributed by atoms with E-state index in [1.165, 1.54) is 41.9 Å². The average molecular weight is 466 g/mol. The minimum Gasteiger partial charge on any atom is -1.00 e. The van der Waals surface area contributed by atoms with E-state index in [0.717, 1.165) is 12.1 Å². The fraction of sp³-hybridized carbons (Fsp3) is 0.250. The molecule has 0 fully saturated rings. The van der Waals surface area contributed by atoms with Crippen LogP contribution in [0.25, 0.3) is 16.5 Å². The molecule has 134 valence electrons. The van der Waals surface area contributed by atoms with Crippen LogP contribution in [-0.2, 0) is 26.2 Å². The van der Waals surface area contributed by atoms with Gasteiger partial charge in [-0.2, -0.15) is 11.2 Å². The number of hydrogen-bond donors (Lipinski definition) is 0. The van der Waals surface area contributed by atoms with Crippen molar-refractivity contribution < 1.29 is 51.0 Å². The molecule has 0 atom stereocenters. The average Bonchev–Trinajstić information content (AvgIpc) is 3.34. The first-order chi connectivity index (χ1) is 11.4. The molecule has 1 aliphatic rings. The summed E-state index contributed by atoms with van der Waals surface area (Å²) in [6, 6.07) is 12.5. The minimum absolute atomic E-state index is 0. The van der Waals surface area contributed by atoms with E-state index < -0.39 is 0 Å². The Kier molecular flexibility index (Phi) is 12.6. The molecule has 2 aromatic carbocycles. The van der Waals surface area contributed by atoms with Crippen LogP contribution in [0.1, 0.15) is 32.6 Å². The van der Waals surface area contributed by atoms with Crippen molar-refractivity contribution in [3.05, 3.63) is 72.9 Å². The third-order valence-electron chi connectivity index (χ3n) is 3.85. The predicted octanol–water partition coefficient (Wildman–Crippen LogP) is -0.989. The molecule has 0 saturated heterocycles. The molecule has 6 heteroatoms. The van der Waals surface area contributed by atoms with E-state index in [-0.39, 0.29) is 51.0 Å². The maximum absolute atomic E-state index is 4.09. The van der Waals surface area contributed by atoms with Crippen molar-refractivity contribution in [1.29, 1.82) is 0 Å². The molecule has 1 aliphatic carbocycles. The Morgan fingerprint density at radius 3 is 2.65 bits per heavy atom. The van der Waals surface area contributed by atoms with Crippen molar-refractivity contribution in [2.45, 2.75) is 32.6 Å². The topological polar surface area (TPSA) is 30.7 Å². The number of aromatic nitrogens is 3. The van der Waals surface area contributed by atoms with Crippen molar-refractivity contribution in [2.75, 3.05) is 0 Å². The van der Waals surface area contributed by atoms with Crippen LogP contribution < -0.4 is 24.8 Å². The Hall–Kier alpha value is -1.09. The number of fused-ring (bicyclic) bond motifs is 1. The molecule has 0 radical (unpaired) electrons. The van der Waals surface area contributed by atoms with Gasteiger partial charge < -0.3 is 24.8 Å². The molecule has 1 heterocycles. The van der Waals surface area contributed by atoms with Gasteiger partial charge in [0.2, 0.25) is 0 Å². The van der Waals surface area contributed by atoms with Gasteiger partial charge in [0.25, 0.3) is 0 Å². The van der Waals surface area contributed by atoms with Gasteiger partial charge in [-0.1, -0.05) is 32.3 Å². The first-order valence-corrected chi connectivity index (χ1v) is 8.13. The number of nitrogens with zero attached hydrogens (tertiary/aromatic N) is 3. The van der Waals surface area contributed by atoms with Crippen LogP contribution >= 0.6 is 0 Å². The third-order valence-corrected chi connectivity index (χ3v) is 3.85. The van der Waals surface area contributed by atoms with E-state index in [2.05, 4.69) is 59.5 Å². The number of rotatable bonds is 4. The Bertz CT molecular complexity index is 774. The van der Waals surface area contributed by atoms with Gasteiger partial charge in [-0.25, -0.2) is 21.3 Å². The van der Waals surface area contributed by atoms with Crippen LogP contribution in [0.5, 0.6) is 0 Å². The molecule has 0 amide bonds. The molecule has 0 aliphatic heterocycles. The van der Waals surface area contributed by atoms with Gasteiger partial charge in [0, 0.05) is 0 Å². The minimum atomic E-state index is 0. The first kappa shape index (κ1) is 24.9. The smallest absolute Gasteiger partial charge is 1.00 e. The molecule has 0 unspecified atom stereocenters. The van der Waals surface area contributed by atoms with Crippen LogP contribution in [-0.4, -0.2) is 14.8 Å². The van der Waals surface area contributed by atoms with Crippen molar-refractivity contribution in [2.24, 2.45) is 0 Å². The second-order valence-electron chi connectivity index (χ2n) is 5.59. The number of unbranched alkanes of at least 4 members (excludes halogenated alkanes) is 1. The van der Waals surface area contributed by atoms with Gasteiger partial charge in [-0.3, -0.25) is 6.08 Å². The molecule has 26 heavy (non-hydrogen) atoms. The maximum atomic E-state index is 4.09. The quantitative estimate of drug-likeness (QED) is 0.464. The molecular weight excluding hydrogens is 444 g/mol. The molecular formula is C20H21Cl2N3Zr. The Morgan fingerprint density at radius 2 is 2.04 bits per heavy atom. The first-order valence-electron chi connectivity index (χ1n) is 8.13. The van der Waals surface area contributed by atoms with E-state index in [1.54, 1.807) is 11.0 Å². The monoisotopic (exact) mass is 463 g/mol. The van der Waals surface area contributed by atoms with Crippen LogP contribution in [0, 0.1) is 6.08 Å². The molecule has 3 nitrogen and oxygen atoms in total. The molecule has 0 N–H and O–H groups in total. The fourth-order valence-corrected chi connectivity index (χ4v) is 2.60. The Labute approximate surface area is 186 Å². The summed E-state index contributed by atoms with van der Waals surface area (Å²) in [6.45, 7) is 2.22. The summed E-state index contributed by atoms with van der Waals surface area (Å²) in [5, 5.41) is 6.56. The molecule has 0 spiro atoms. The molecule has 0 bridgehead atoms. The zero-order chi connectivity index (χ0) is 15.9. The summed E-state index contributed by atoms with van der Waals surface area (Å²) in [5.74, 6) is 0. The number of hydrogen-bond acceptors (Lipinski definition) is 2. The van der Waals surface area contributed by atoms with Gasteiger partial charge in [0.05, 0.1) is 0 Å². The van der Waals surface area contributed by atoms with Gasteiger partial charge in [0.1, 0.15) is 12.7 Å². The van der Waals surface area contributed by atoms with Crippen LogP contribution in [0.4, 0.5) is 0 Å². The van der Waals surface area contributed by atoms with Gasteiger partial charge in [-0.15, -0.1) is 47.5 Å². The summed E-state index contributed by atoms with van der Waals surface area (Å²) in [6.07, 6.45) is 15.8. The number of benzene rings is 1. The van der Waals surface area contributed by atoms with Gasteiger partial charge >= 0.3 is 26.2 Å². The maximum Gasteiger partial charge on any atom is 4.00 e. The van der Waals surface area contributed by atoms with E-state index in [9.17, 15) is 0 Å². The van der Waals surface area contributed by atoms with E-state index in [0.29, 0.717) is 0 Å². The third kappa shape index (κ3) is 6.91. The predicted molar refractivity (Wildman–Crippen MR) is 94.5 cm³/mol. The molecule has 3 aromatic rings. The number of halogens is 2. The second kappa shape index (κ2) is 13.1. The van der Waals surface area contributed by atoms with E-state index in [1.807, 2.05) is 12.1 Å². The van der Waals surface area contributed by atoms with Crippen molar-refractivity contribution >= 4 is 10.8 Å². The summed E-state index contributed by atoms with van der Waals surface area (Å²) < 4.78 is 1.76. The van der Waals surface area contributed by atoms with Crippen molar-refractivity contribution in [3.8, 4) is 5.69 Å². The standard InChI is InChI=1S/C11H8N3.C9H13.2ClH.Zr/c1-2-4-10-6-11(5-9(10)3-1)14-8-12-7-13-14;1-2-3-6-9-7-4-5-8-9;;;/h1-8H;4,7H,2-3,5-6H2,1H3;2*1H;/q2*-1;;;+4/p-2. The van der Waals surface area contributed by atoms with Crippen LogP contribution in [0.3, 0.4) is 0 Å². The normalized spacial score (nSPS) is 11.5. The van der Waals surface area contributed by atoms with E-state index in [4.69, 9.17) is 0 Å². The molecule has 0 saturated carbocycles. The summed E-state index contributed by atoms with van der Waals surface area (Å²) in [4.78, 5) is 3.92. The largest absolute Gasteiger partial charge is 4.00 e. The summed E-state index contributed by atoms with van der Waals surface area (Å²) >= 11 is 0. The van der Waals surface area contributed by atoms with Crippen molar-refractivity contribution in [3.63, 3.8) is 0 Å². The SMILES string of the molecule is CCCCC1=[C-]CC=C1.[Cl-].[Cl-].[Zr+4].c1ccc2[cH-]c(-n3cncn3)cc2c1. The van der Waals surface area contributed by atoms with Gasteiger partial charge in [-0.05, 0) is 5.69 Å². The van der Waals surface area contributed by atoms with Crippen LogP contribution in [0.15, 0.2) is 66.8 Å². The number of allylic oxidation sites excluding steroid dienone is 4. The van der Waals surface area contributed by atoms with Gasteiger partial charge in [0.15, 0.2) is 0 Å². The van der Waals surface area contributed by atoms with E-state index >= 15 is 0 Å². The summed E-state index contributed by atoms with van der Waals surface area (Å²) in [7, 11) is 0. The molecule has 1 aromatic heterocycles. The summed E-state index contributed by atoms with van der Waals surface area (Å²) in [5.41, 5.74) is 2.47. The molecule has 4 rings (SSSR count). The van der Waals surface area contributed by atoms with Crippen LogP contribution in [0.2, 0.25) is 0 Å². The zero-order valence-corrected chi connectivity index (χ0v) is 18.7. The zero-order valence-electron chi connectivity index (χ0n) is 14.7.